The quantitative estimate of drug-likeness (QED) is 0.778. The van der Waals surface area contributed by atoms with E-state index in [0.29, 0.717) is 12.5 Å². The molecule has 0 aromatic carbocycles. The number of ether oxygens (including phenoxy) is 1. The molecule has 1 saturated heterocycles. The molecular formula is C13H27Cl2N3O2. The number of nitrogens with zero attached hydrogens (tertiary/aromatic N) is 1. The first-order chi connectivity index (χ1) is 8.81. The number of amides is 1. The monoisotopic (exact) mass is 327 g/mol. The summed E-state index contributed by atoms with van der Waals surface area (Å²) in [4.78, 5) is 14.4. The standard InChI is InChI=1S/C13H25N3O2.2ClH/c14-10-11-2-1-3-12(11)13(17)15-4-5-16-6-8-18-9-7-16;;/h11-12H,1-10,14H2,(H,15,17);2*1H/t11-,12-;;/m1../s1. The third kappa shape index (κ3) is 5.74. The molecule has 20 heavy (non-hydrogen) atoms. The normalized spacial score (nSPS) is 26.4. The van der Waals surface area contributed by atoms with Gasteiger partial charge in [0.2, 0.25) is 5.91 Å². The zero-order valence-corrected chi connectivity index (χ0v) is 13.5. The number of hydrogen-bond acceptors (Lipinski definition) is 4. The van der Waals surface area contributed by atoms with Gasteiger partial charge in [0.15, 0.2) is 0 Å². The van der Waals surface area contributed by atoms with Crippen LogP contribution in [0.15, 0.2) is 0 Å². The molecule has 1 aliphatic carbocycles. The number of rotatable bonds is 5. The maximum absolute atomic E-state index is 12.0. The summed E-state index contributed by atoms with van der Waals surface area (Å²) in [5.74, 6) is 0.754. The van der Waals surface area contributed by atoms with Crippen molar-refractivity contribution in [3.8, 4) is 0 Å². The predicted molar refractivity (Wildman–Crippen MR) is 84.7 cm³/mol. The highest BCUT2D eigenvalue weighted by atomic mass is 35.5. The lowest BCUT2D eigenvalue weighted by molar-refractivity contribution is -0.126. The molecule has 0 unspecified atom stereocenters. The van der Waals surface area contributed by atoms with E-state index >= 15 is 0 Å². The molecule has 7 heteroatoms. The second-order valence-electron chi connectivity index (χ2n) is 5.28. The van der Waals surface area contributed by atoms with Crippen LogP contribution in [-0.2, 0) is 9.53 Å². The second-order valence-corrected chi connectivity index (χ2v) is 5.28. The molecule has 0 aromatic rings. The van der Waals surface area contributed by atoms with Crippen LogP contribution in [0.5, 0.6) is 0 Å². The molecule has 2 rings (SSSR count). The minimum absolute atomic E-state index is 0. The van der Waals surface area contributed by atoms with Crippen molar-refractivity contribution in [3.63, 3.8) is 0 Å². The fraction of sp³-hybridized carbons (Fsp3) is 0.923. The molecule has 120 valence electrons. The third-order valence-corrected chi connectivity index (χ3v) is 4.13. The molecule has 0 bridgehead atoms. The van der Waals surface area contributed by atoms with Crippen LogP contribution in [0.2, 0.25) is 0 Å². The zero-order valence-electron chi connectivity index (χ0n) is 11.9. The van der Waals surface area contributed by atoms with Crippen LogP contribution in [0, 0.1) is 11.8 Å². The van der Waals surface area contributed by atoms with Gasteiger partial charge in [-0.1, -0.05) is 6.42 Å². The van der Waals surface area contributed by atoms with Gasteiger partial charge >= 0.3 is 0 Å². The lowest BCUT2D eigenvalue weighted by Gasteiger charge is -2.27. The molecule has 0 spiro atoms. The van der Waals surface area contributed by atoms with Gasteiger partial charge in [-0.15, -0.1) is 24.8 Å². The van der Waals surface area contributed by atoms with E-state index in [1.165, 1.54) is 0 Å². The van der Waals surface area contributed by atoms with Crippen LogP contribution >= 0.6 is 24.8 Å². The molecule has 2 fully saturated rings. The summed E-state index contributed by atoms with van der Waals surface area (Å²) in [7, 11) is 0. The van der Waals surface area contributed by atoms with E-state index in [1.807, 2.05) is 0 Å². The van der Waals surface area contributed by atoms with Crippen LogP contribution in [0.3, 0.4) is 0 Å². The van der Waals surface area contributed by atoms with Crippen molar-refractivity contribution in [3.05, 3.63) is 0 Å². The lowest BCUT2D eigenvalue weighted by atomic mass is 9.95. The highest BCUT2D eigenvalue weighted by Crippen LogP contribution is 2.30. The molecule has 2 aliphatic rings. The first-order valence-electron chi connectivity index (χ1n) is 7.09. The van der Waals surface area contributed by atoms with E-state index in [2.05, 4.69) is 10.2 Å². The Hall–Kier alpha value is -0.0700. The fourth-order valence-corrected chi connectivity index (χ4v) is 2.96. The van der Waals surface area contributed by atoms with Crippen LogP contribution in [0.1, 0.15) is 19.3 Å². The Morgan fingerprint density at radius 1 is 1.25 bits per heavy atom. The first kappa shape index (κ1) is 19.9. The molecule has 0 aromatic heterocycles. The van der Waals surface area contributed by atoms with Crippen molar-refractivity contribution in [1.29, 1.82) is 0 Å². The van der Waals surface area contributed by atoms with E-state index in [1.54, 1.807) is 0 Å². The minimum atomic E-state index is 0. The van der Waals surface area contributed by atoms with Crippen LogP contribution in [0.4, 0.5) is 0 Å². The minimum Gasteiger partial charge on any atom is -0.379 e. The molecule has 2 atom stereocenters. The SMILES string of the molecule is Cl.Cl.NC[C@H]1CCC[C@H]1C(=O)NCCN1CCOCC1. The Morgan fingerprint density at radius 2 is 1.95 bits per heavy atom. The first-order valence-corrected chi connectivity index (χ1v) is 7.09. The van der Waals surface area contributed by atoms with Crippen molar-refractivity contribution in [1.82, 2.24) is 10.2 Å². The second kappa shape index (κ2) is 10.6. The van der Waals surface area contributed by atoms with E-state index in [4.69, 9.17) is 10.5 Å². The van der Waals surface area contributed by atoms with Crippen LogP contribution in [-0.4, -0.2) is 56.7 Å². The molecule has 0 radical (unpaired) electrons. The van der Waals surface area contributed by atoms with E-state index in [9.17, 15) is 4.79 Å². The maximum atomic E-state index is 12.0. The number of halogens is 2. The number of carbonyl (C=O) groups is 1. The number of morpholine rings is 1. The molecule has 1 aliphatic heterocycles. The van der Waals surface area contributed by atoms with Gasteiger partial charge in [-0.05, 0) is 25.3 Å². The van der Waals surface area contributed by atoms with E-state index in [-0.39, 0.29) is 36.6 Å². The summed E-state index contributed by atoms with van der Waals surface area (Å²) in [6.45, 7) is 5.89. The summed E-state index contributed by atoms with van der Waals surface area (Å²) in [5, 5.41) is 3.06. The maximum Gasteiger partial charge on any atom is 0.223 e. The van der Waals surface area contributed by atoms with Crippen molar-refractivity contribution in [2.75, 3.05) is 45.9 Å². The lowest BCUT2D eigenvalue weighted by Crippen LogP contribution is -2.43. The summed E-state index contributed by atoms with van der Waals surface area (Å²) < 4.78 is 5.29. The predicted octanol–water partition coefficient (Wildman–Crippen LogP) is 0.653. The number of nitrogens with one attached hydrogen (secondary N) is 1. The molecule has 3 N–H and O–H groups in total. The van der Waals surface area contributed by atoms with Gasteiger partial charge in [0.05, 0.1) is 13.2 Å². The number of hydrogen-bond donors (Lipinski definition) is 2. The smallest absolute Gasteiger partial charge is 0.223 e. The van der Waals surface area contributed by atoms with Gasteiger partial charge in [0.1, 0.15) is 0 Å². The van der Waals surface area contributed by atoms with Crippen molar-refractivity contribution < 1.29 is 9.53 Å². The Kier molecular flexibility index (Phi) is 10.6. The average molecular weight is 328 g/mol. The summed E-state index contributed by atoms with van der Waals surface area (Å²) in [6.07, 6.45) is 3.26. The zero-order chi connectivity index (χ0) is 12.8. The Balaban J connectivity index is 0.00000180. The van der Waals surface area contributed by atoms with Crippen molar-refractivity contribution >= 4 is 30.7 Å². The van der Waals surface area contributed by atoms with Gasteiger partial charge in [-0.2, -0.15) is 0 Å². The Morgan fingerprint density at radius 3 is 2.60 bits per heavy atom. The summed E-state index contributed by atoms with van der Waals surface area (Å²) in [6, 6.07) is 0. The van der Waals surface area contributed by atoms with Gasteiger partial charge in [0, 0.05) is 32.1 Å². The molecule has 1 amide bonds. The Labute approximate surface area is 133 Å². The largest absolute Gasteiger partial charge is 0.379 e. The fourth-order valence-electron chi connectivity index (χ4n) is 2.96. The van der Waals surface area contributed by atoms with E-state index < -0.39 is 0 Å². The Bertz CT molecular complexity index is 276. The van der Waals surface area contributed by atoms with Gasteiger partial charge in [-0.25, -0.2) is 0 Å². The number of carbonyl (C=O) groups excluding carboxylic acids is 1. The number of nitrogens with two attached hydrogens (primary N) is 1. The molecule has 5 nitrogen and oxygen atoms in total. The van der Waals surface area contributed by atoms with Crippen molar-refractivity contribution in [2.45, 2.75) is 19.3 Å². The van der Waals surface area contributed by atoms with Gasteiger partial charge < -0.3 is 15.8 Å². The van der Waals surface area contributed by atoms with Crippen molar-refractivity contribution in [2.24, 2.45) is 17.6 Å². The molecule has 1 saturated carbocycles. The van der Waals surface area contributed by atoms with Gasteiger partial charge in [-0.3, -0.25) is 9.69 Å². The van der Waals surface area contributed by atoms with Crippen LogP contribution < -0.4 is 11.1 Å². The third-order valence-electron chi connectivity index (χ3n) is 4.13. The van der Waals surface area contributed by atoms with Crippen LogP contribution in [0.25, 0.3) is 0 Å². The molecular weight excluding hydrogens is 301 g/mol. The highest BCUT2D eigenvalue weighted by molar-refractivity contribution is 5.85. The van der Waals surface area contributed by atoms with E-state index in [0.717, 1.165) is 58.7 Å². The average Bonchev–Trinajstić information content (AvgIpc) is 2.88. The summed E-state index contributed by atoms with van der Waals surface area (Å²) >= 11 is 0. The highest BCUT2D eigenvalue weighted by Gasteiger charge is 2.31. The van der Waals surface area contributed by atoms with Gasteiger partial charge in [0.25, 0.3) is 0 Å². The summed E-state index contributed by atoms with van der Waals surface area (Å²) in [5.41, 5.74) is 5.71. The molecule has 1 heterocycles. The topological polar surface area (TPSA) is 67.6 Å².